The maximum Gasteiger partial charge on any atom is 0.411 e. The Morgan fingerprint density at radius 1 is 1.41 bits per heavy atom. The van der Waals surface area contributed by atoms with E-state index in [0.717, 1.165) is 5.57 Å². The minimum Gasteiger partial charge on any atom is -0.445 e. The standard InChI is InChI=1S/C13H14N2O2/c1-10(2)7-8-17-13(16)15-12-5-3-11(9-14)4-6-12/h3-7H,8H2,1-2H3,(H,15,16). The smallest absolute Gasteiger partial charge is 0.411 e. The second-order valence-electron chi connectivity index (χ2n) is 3.69. The van der Waals surface area contributed by atoms with Gasteiger partial charge in [-0.15, -0.1) is 0 Å². The van der Waals surface area contributed by atoms with Crippen molar-refractivity contribution in [2.24, 2.45) is 0 Å². The number of nitrogens with one attached hydrogen (secondary N) is 1. The van der Waals surface area contributed by atoms with Crippen LogP contribution in [0, 0.1) is 11.3 Å². The molecule has 1 aromatic carbocycles. The highest BCUT2D eigenvalue weighted by Crippen LogP contribution is 2.08. The molecular weight excluding hydrogens is 216 g/mol. The van der Waals surface area contributed by atoms with E-state index in [1.807, 2.05) is 26.0 Å². The molecule has 0 aromatic heterocycles. The molecule has 1 aromatic rings. The highest BCUT2D eigenvalue weighted by Gasteiger charge is 2.01. The zero-order valence-electron chi connectivity index (χ0n) is 9.86. The molecule has 0 heterocycles. The number of amides is 1. The maximum atomic E-state index is 11.3. The van der Waals surface area contributed by atoms with E-state index in [4.69, 9.17) is 10.00 Å². The highest BCUT2D eigenvalue weighted by atomic mass is 16.5. The van der Waals surface area contributed by atoms with Crippen LogP contribution in [0.25, 0.3) is 0 Å². The SMILES string of the molecule is CC(C)=CCOC(=O)Nc1ccc(C#N)cc1. The fourth-order valence-electron chi connectivity index (χ4n) is 1.07. The number of nitriles is 1. The molecule has 0 radical (unpaired) electrons. The summed E-state index contributed by atoms with van der Waals surface area (Å²) >= 11 is 0. The van der Waals surface area contributed by atoms with Crippen LogP contribution in [0.4, 0.5) is 10.5 Å². The van der Waals surface area contributed by atoms with Gasteiger partial charge in [-0.3, -0.25) is 5.32 Å². The number of anilines is 1. The van der Waals surface area contributed by atoms with Gasteiger partial charge >= 0.3 is 6.09 Å². The van der Waals surface area contributed by atoms with E-state index in [1.165, 1.54) is 0 Å². The van der Waals surface area contributed by atoms with Crippen LogP contribution in [0.5, 0.6) is 0 Å². The third-order valence-corrected chi connectivity index (χ3v) is 1.97. The molecule has 1 amide bonds. The van der Waals surface area contributed by atoms with Gasteiger partial charge in [-0.25, -0.2) is 4.79 Å². The number of benzene rings is 1. The van der Waals surface area contributed by atoms with Crippen LogP contribution in [0.3, 0.4) is 0 Å². The van der Waals surface area contributed by atoms with Crippen molar-refractivity contribution in [1.29, 1.82) is 5.26 Å². The van der Waals surface area contributed by atoms with E-state index in [9.17, 15) is 4.79 Å². The number of rotatable bonds is 3. The molecule has 17 heavy (non-hydrogen) atoms. The van der Waals surface area contributed by atoms with Crippen molar-refractivity contribution in [2.75, 3.05) is 11.9 Å². The summed E-state index contributed by atoms with van der Waals surface area (Å²) in [4.78, 5) is 11.3. The molecule has 1 N–H and O–H groups in total. The molecule has 0 bridgehead atoms. The molecule has 0 aliphatic heterocycles. The van der Waals surface area contributed by atoms with Gasteiger partial charge in [0.25, 0.3) is 0 Å². The molecule has 4 nitrogen and oxygen atoms in total. The Labute approximate surface area is 101 Å². The van der Waals surface area contributed by atoms with Crippen molar-refractivity contribution in [1.82, 2.24) is 0 Å². The first-order valence-electron chi connectivity index (χ1n) is 5.19. The molecule has 88 valence electrons. The van der Waals surface area contributed by atoms with Crippen molar-refractivity contribution >= 4 is 11.8 Å². The Morgan fingerprint density at radius 3 is 2.59 bits per heavy atom. The van der Waals surface area contributed by atoms with Crippen molar-refractivity contribution < 1.29 is 9.53 Å². The molecule has 0 atom stereocenters. The van der Waals surface area contributed by atoms with Crippen LogP contribution in [-0.4, -0.2) is 12.7 Å². The van der Waals surface area contributed by atoms with E-state index in [-0.39, 0.29) is 6.61 Å². The topological polar surface area (TPSA) is 62.1 Å². The van der Waals surface area contributed by atoms with Crippen molar-refractivity contribution in [2.45, 2.75) is 13.8 Å². The maximum absolute atomic E-state index is 11.3. The van der Waals surface area contributed by atoms with E-state index in [0.29, 0.717) is 11.3 Å². The Hall–Kier alpha value is -2.28. The lowest BCUT2D eigenvalue weighted by Crippen LogP contribution is -2.13. The van der Waals surface area contributed by atoms with Gasteiger partial charge in [-0.2, -0.15) is 5.26 Å². The minimum atomic E-state index is -0.507. The number of hydrogen-bond acceptors (Lipinski definition) is 3. The molecule has 0 spiro atoms. The number of allylic oxidation sites excluding steroid dienone is 1. The molecule has 0 saturated carbocycles. The zero-order valence-corrected chi connectivity index (χ0v) is 9.86. The Morgan fingerprint density at radius 2 is 2.06 bits per heavy atom. The van der Waals surface area contributed by atoms with Crippen molar-refractivity contribution in [3.8, 4) is 6.07 Å². The molecule has 0 aliphatic carbocycles. The molecule has 0 fully saturated rings. The third kappa shape index (κ3) is 4.85. The molecule has 1 rings (SSSR count). The summed E-state index contributed by atoms with van der Waals surface area (Å²) in [5.41, 5.74) is 2.25. The molecule has 4 heteroatoms. The Kier molecular flexibility index (Phi) is 4.77. The highest BCUT2D eigenvalue weighted by molar-refractivity contribution is 5.84. The van der Waals surface area contributed by atoms with Crippen LogP contribution in [0.2, 0.25) is 0 Å². The summed E-state index contributed by atoms with van der Waals surface area (Å²) in [5.74, 6) is 0. The van der Waals surface area contributed by atoms with Gasteiger partial charge in [0.1, 0.15) is 6.61 Å². The largest absolute Gasteiger partial charge is 0.445 e. The first kappa shape index (κ1) is 12.8. The van der Waals surface area contributed by atoms with Crippen molar-refractivity contribution in [3.05, 3.63) is 41.5 Å². The van der Waals surface area contributed by atoms with Gasteiger partial charge in [-0.1, -0.05) is 5.57 Å². The number of ether oxygens (including phenoxy) is 1. The van der Waals surface area contributed by atoms with Gasteiger partial charge in [0.05, 0.1) is 11.6 Å². The van der Waals surface area contributed by atoms with Crippen molar-refractivity contribution in [3.63, 3.8) is 0 Å². The van der Waals surface area contributed by atoms with E-state index in [2.05, 4.69) is 5.32 Å². The van der Waals surface area contributed by atoms with Gasteiger partial charge in [0.15, 0.2) is 0 Å². The Bertz CT molecular complexity index is 451. The second kappa shape index (κ2) is 6.33. The van der Waals surface area contributed by atoms with E-state index >= 15 is 0 Å². The van der Waals surface area contributed by atoms with Crippen LogP contribution in [-0.2, 0) is 4.74 Å². The fraction of sp³-hybridized carbons (Fsp3) is 0.231. The summed E-state index contributed by atoms with van der Waals surface area (Å²) in [6.45, 7) is 4.12. The molecule has 0 saturated heterocycles. The number of nitrogens with zero attached hydrogens (tertiary/aromatic N) is 1. The van der Waals surface area contributed by atoms with Gasteiger partial charge < -0.3 is 4.74 Å². The zero-order chi connectivity index (χ0) is 12.7. The third-order valence-electron chi connectivity index (χ3n) is 1.97. The fourth-order valence-corrected chi connectivity index (χ4v) is 1.07. The number of carbonyl (C=O) groups excluding carboxylic acids is 1. The lowest BCUT2D eigenvalue weighted by atomic mass is 10.2. The quantitative estimate of drug-likeness (QED) is 0.811. The van der Waals surface area contributed by atoms with E-state index in [1.54, 1.807) is 24.3 Å². The predicted octanol–water partition coefficient (Wildman–Crippen LogP) is 3.07. The molecule has 0 unspecified atom stereocenters. The minimum absolute atomic E-state index is 0.254. The van der Waals surface area contributed by atoms with Gasteiger partial charge in [0, 0.05) is 5.69 Å². The summed E-state index contributed by atoms with van der Waals surface area (Å²) in [6, 6.07) is 8.57. The number of carbonyl (C=O) groups is 1. The van der Waals surface area contributed by atoms with Gasteiger partial charge in [0.2, 0.25) is 0 Å². The lowest BCUT2D eigenvalue weighted by molar-refractivity contribution is 0.174. The Balaban J connectivity index is 2.45. The second-order valence-corrected chi connectivity index (χ2v) is 3.69. The summed E-state index contributed by atoms with van der Waals surface area (Å²) in [6.07, 6.45) is 1.31. The summed E-state index contributed by atoms with van der Waals surface area (Å²) in [7, 11) is 0. The van der Waals surface area contributed by atoms with E-state index < -0.39 is 6.09 Å². The number of hydrogen-bond donors (Lipinski definition) is 1. The van der Waals surface area contributed by atoms with Crippen LogP contribution >= 0.6 is 0 Å². The first-order valence-corrected chi connectivity index (χ1v) is 5.19. The molecular formula is C13H14N2O2. The predicted molar refractivity (Wildman–Crippen MR) is 65.6 cm³/mol. The normalized spacial score (nSPS) is 9.00. The molecule has 0 aliphatic rings. The lowest BCUT2D eigenvalue weighted by Gasteiger charge is -2.05. The van der Waals surface area contributed by atoms with Crippen LogP contribution < -0.4 is 5.32 Å². The van der Waals surface area contributed by atoms with Crippen LogP contribution in [0.1, 0.15) is 19.4 Å². The average molecular weight is 230 g/mol. The summed E-state index contributed by atoms with van der Waals surface area (Å²) in [5, 5.41) is 11.2. The summed E-state index contributed by atoms with van der Waals surface area (Å²) < 4.78 is 4.92. The average Bonchev–Trinajstić information content (AvgIpc) is 2.29. The van der Waals surface area contributed by atoms with Gasteiger partial charge in [-0.05, 0) is 44.2 Å². The van der Waals surface area contributed by atoms with Crippen LogP contribution in [0.15, 0.2) is 35.9 Å². The monoisotopic (exact) mass is 230 g/mol. The first-order chi connectivity index (χ1) is 8.11.